The van der Waals surface area contributed by atoms with Crippen molar-refractivity contribution in [2.24, 2.45) is 7.05 Å². The molecule has 2 N–H and O–H groups in total. The molecule has 184 valence electrons. The Labute approximate surface area is 203 Å². The number of nitrogens with two attached hydrogens (primary N) is 1. The van der Waals surface area contributed by atoms with E-state index in [1.54, 1.807) is 54.3 Å². The first-order chi connectivity index (χ1) is 17.2. The second kappa shape index (κ2) is 8.56. The van der Waals surface area contributed by atoms with Gasteiger partial charge in [-0.05, 0) is 30.3 Å². The van der Waals surface area contributed by atoms with Gasteiger partial charge in [-0.1, -0.05) is 12.1 Å². The number of nitrogens with zero attached hydrogens (tertiary/aromatic N) is 7. The van der Waals surface area contributed by atoms with E-state index in [1.807, 2.05) is 0 Å². The molecule has 5 aromatic rings. The maximum Gasteiger partial charge on any atom is 0.320 e. The lowest BCUT2D eigenvalue weighted by Crippen LogP contribution is -2.46. The zero-order valence-electron chi connectivity index (χ0n) is 19.7. The van der Waals surface area contributed by atoms with Crippen molar-refractivity contribution < 1.29 is 18.4 Å². The number of aryl methyl sites for hydroxylation is 1. The monoisotopic (exact) mass is 492 g/mol. The highest BCUT2D eigenvalue weighted by molar-refractivity contribution is 6.10. The number of carbonyl (C=O) groups excluding carboxylic acids is 2. The number of carbonyl (C=O) groups is 2. The number of halogens is 2. The van der Waals surface area contributed by atoms with Crippen molar-refractivity contribution in [3.05, 3.63) is 60.0 Å². The van der Waals surface area contributed by atoms with Crippen LogP contribution in [-0.2, 0) is 18.4 Å². The van der Waals surface area contributed by atoms with Crippen LogP contribution in [0.25, 0.3) is 32.8 Å². The summed E-state index contributed by atoms with van der Waals surface area (Å²) in [6, 6.07) is 11.3. The van der Waals surface area contributed by atoms with Gasteiger partial charge in [0.15, 0.2) is 0 Å². The smallest absolute Gasteiger partial charge is 0.320 e. The van der Waals surface area contributed by atoms with Gasteiger partial charge in [-0.25, -0.2) is 15.0 Å². The number of anilines is 1. The Bertz CT molecular complexity index is 1660. The molecule has 0 aliphatic heterocycles. The van der Waals surface area contributed by atoms with Crippen LogP contribution in [0.2, 0.25) is 0 Å². The van der Waals surface area contributed by atoms with Gasteiger partial charge in [0.25, 0.3) is 5.91 Å². The first-order valence-corrected chi connectivity index (χ1v) is 11.0. The van der Waals surface area contributed by atoms with Crippen molar-refractivity contribution in [2.75, 3.05) is 12.8 Å². The molecule has 0 saturated heterocycles. The molecule has 2 aromatic carbocycles. The summed E-state index contributed by atoms with van der Waals surface area (Å²) >= 11 is 0. The molecule has 0 saturated carbocycles. The lowest BCUT2D eigenvalue weighted by Gasteiger charge is -2.31. The quantitative estimate of drug-likeness (QED) is 0.384. The Morgan fingerprint density at radius 2 is 1.83 bits per heavy atom. The molecule has 0 spiro atoms. The number of hydrogen-bond donors (Lipinski definition) is 1. The molecule has 0 fully saturated rings. The second-order valence-electron chi connectivity index (χ2n) is 8.33. The van der Waals surface area contributed by atoms with Crippen LogP contribution in [0.3, 0.4) is 0 Å². The van der Waals surface area contributed by atoms with E-state index in [0.29, 0.717) is 33.1 Å². The van der Waals surface area contributed by atoms with E-state index in [9.17, 15) is 18.4 Å². The van der Waals surface area contributed by atoms with Crippen LogP contribution in [0, 0.1) is 0 Å². The third kappa shape index (κ3) is 3.67. The van der Waals surface area contributed by atoms with Gasteiger partial charge in [0.05, 0.1) is 33.6 Å². The van der Waals surface area contributed by atoms with Crippen LogP contribution in [0.4, 0.5) is 14.6 Å². The van der Waals surface area contributed by atoms with Crippen molar-refractivity contribution in [2.45, 2.75) is 20.0 Å². The molecule has 3 aromatic heterocycles. The van der Waals surface area contributed by atoms with Crippen LogP contribution in [0.15, 0.2) is 48.7 Å². The molecule has 0 atom stereocenters. The van der Waals surface area contributed by atoms with Crippen molar-refractivity contribution in [1.82, 2.24) is 34.3 Å². The fourth-order valence-corrected chi connectivity index (χ4v) is 4.28. The number of alkyl halides is 2. The van der Waals surface area contributed by atoms with Crippen molar-refractivity contribution in [3.8, 4) is 0 Å². The maximum atomic E-state index is 14.0. The van der Waals surface area contributed by atoms with E-state index in [4.69, 9.17) is 5.73 Å². The predicted octanol–water partition coefficient (Wildman–Crippen LogP) is 3.48. The molecular formula is C24H22F2N8O2. The van der Waals surface area contributed by atoms with Gasteiger partial charge in [-0.15, -0.1) is 0 Å². The third-order valence-corrected chi connectivity index (χ3v) is 6.16. The Kier molecular flexibility index (Phi) is 5.50. The minimum absolute atomic E-state index is 0.0584. The van der Waals surface area contributed by atoms with Gasteiger partial charge < -0.3 is 5.73 Å². The van der Waals surface area contributed by atoms with Crippen LogP contribution in [-0.4, -0.2) is 53.2 Å². The highest BCUT2D eigenvalue weighted by atomic mass is 19.3. The molecule has 2 amide bonds. The number of aromatic nitrogens is 5. The SMILES string of the molecule is CC(=O)N(C)N(Cc1nc2ccccc2n1C(F)F)C(=O)c1ccc2nc(N)c3cnn(C)c3c2c1. The summed E-state index contributed by atoms with van der Waals surface area (Å²) < 4.78 is 30.4. The summed E-state index contributed by atoms with van der Waals surface area (Å²) in [5.74, 6) is -0.771. The number of nitrogen functional groups attached to an aromatic ring is 1. The molecule has 36 heavy (non-hydrogen) atoms. The molecule has 0 radical (unpaired) electrons. The molecule has 12 heteroatoms. The highest BCUT2D eigenvalue weighted by Gasteiger charge is 2.27. The van der Waals surface area contributed by atoms with Gasteiger partial charge in [0.2, 0.25) is 5.91 Å². The number of imidazole rings is 1. The number of rotatable bonds is 4. The summed E-state index contributed by atoms with van der Waals surface area (Å²) in [6.07, 6.45) is 1.59. The zero-order chi connectivity index (χ0) is 25.7. The first-order valence-electron chi connectivity index (χ1n) is 11.0. The fraction of sp³-hybridized carbons (Fsp3) is 0.208. The largest absolute Gasteiger partial charge is 0.383 e. The molecule has 10 nitrogen and oxygen atoms in total. The van der Waals surface area contributed by atoms with Crippen LogP contribution in [0.1, 0.15) is 29.7 Å². The van der Waals surface area contributed by atoms with Gasteiger partial charge in [-0.3, -0.25) is 23.8 Å². The minimum atomic E-state index is -2.89. The summed E-state index contributed by atoms with van der Waals surface area (Å²) in [4.78, 5) is 34.7. The van der Waals surface area contributed by atoms with E-state index in [1.165, 1.54) is 20.0 Å². The van der Waals surface area contributed by atoms with Crippen molar-refractivity contribution in [1.29, 1.82) is 0 Å². The van der Waals surface area contributed by atoms with Crippen molar-refractivity contribution >= 4 is 50.5 Å². The average molecular weight is 492 g/mol. The molecule has 0 aliphatic rings. The van der Waals surface area contributed by atoms with Gasteiger partial charge in [0, 0.05) is 32.0 Å². The predicted molar refractivity (Wildman–Crippen MR) is 130 cm³/mol. The molecule has 3 heterocycles. The number of hydrogen-bond acceptors (Lipinski definition) is 6. The molecule has 0 unspecified atom stereocenters. The number of para-hydroxylation sites is 2. The van der Waals surface area contributed by atoms with E-state index < -0.39 is 18.4 Å². The Morgan fingerprint density at radius 3 is 2.56 bits per heavy atom. The number of amides is 2. The minimum Gasteiger partial charge on any atom is -0.383 e. The van der Waals surface area contributed by atoms with Gasteiger partial charge in [0.1, 0.15) is 18.2 Å². The lowest BCUT2D eigenvalue weighted by molar-refractivity contribution is -0.140. The van der Waals surface area contributed by atoms with Gasteiger partial charge >= 0.3 is 6.55 Å². The summed E-state index contributed by atoms with van der Waals surface area (Å²) in [5.41, 5.74) is 8.13. The summed E-state index contributed by atoms with van der Waals surface area (Å²) in [7, 11) is 3.15. The third-order valence-electron chi connectivity index (χ3n) is 6.16. The average Bonchev–Trinajstić information content (AvgIpc) is 3.42. The number of pyridine rings is 1. The summed E-state index contributed by atoms with van der Waals surface area (Å²) in [6.45, 7) is -1.96. The molecule has 5 rings (SSSR count). The first kappa shape index (κ1) is 23.1. The molecular weight excluding hydrogens is 470 g/mol. The fourth-order valence-electron chi connectivity index (χ4n) is 4.28. The van der Waals surface area contributed by atoms with Crippen LogP contribution < -0.4 is 5.73 Å². The normalized spacial score (nSPS) is 11.6. The van der Waals surface area contributed by atoms with E-state index >= 15 is 0 Å². The number of benzene rings is 2. The van der Waals surface area contributed by atoms with E-state index in [2.05, 4.69) is 15.1 Å². The Morgan fingerprint density at radius 1 is 1.08 bits per heavy atom. The summed E-state index contributed by atoms with van der Waals surface area (Å²) in [5, 5.41) is 7.69. The van der Waals surface area contributed by atoms with Gasteiger partial charge in [-0.2, -0.15) is 13.9 Å². The topological polar surface area (TPSA) is 115 Å². The Balaban J connectivity index is 1.62. The van der Waals surface area contributed by atoms with E-state index in [-0.39, 0.29) is 23.4 Å². The zero-order valence-corrected chi connectivity index (χ0v) is 19.7. The standard InChI is InChI=1S/C24H22F2N8O2/c1-13(35)32(3)33(12-20-29-18-6-4-5-7-19(18)34(20)24(25)26)23(36)14-8-9-17-15(10-14)21-16(22(27)30-17)11-28-31(21)2/h4-11,24H,12H2,1-3H3,(H2,27,30). The number of hydrazine groups is 1. The number of fused-ring (bicyclic) bond motifs is 4. The second-order valence-corrected chi connectivity index (χ2v) is 8.33. The Hall–Kier alpha value is -4.61. The lowest BCUT2D eigenvalue weighted by atomic mass is 10.1. The van der Waals surface area contributed by atoms with Crippen LogP contribution in [0.5, 0.6) is 0 Å². The molecule has 0 aliphatic carbocycles. The molecule has 0 bridgehead atoms. The van der Waals surface area contributed by atoms with Crippen LogP contribution >= 0.6 is 0 Å². The highest BCUT2D eigenvalue weighted by Crippen LogP contribution is 2.29. The maximum absolute atomic E-state index is 14.0. The van der Waals surface area contributed by atoms with E-state index in [0.717, 1.165) is 14.6 Å². The van der Waals surface area contributed by atoms with Crippen molar-refractivity contribution in [3.63, 3.8) is 0 Å².